The summed E-state index contributed by atoms with van der Waals surface area (Å²) < 4.78 is 39.6. The summed E-state index contributed by atoms with van der Waals surface area (Å²) in [6, 6.07) is 15.8. The van der Waals surface area contributed by atoms with Crippen LogP contribution < -0.4 is 10.2 Å². The predicted octanol–water partition coefficient (Wildman–Crippen LogP) is 6.82. The van der Waals surface area contributed by atoms with Crippen LogP contribution in [0.25, 0.3) is 22.4 Å². The van der Waals surface area contributed by atoms with E-state index in [-0.39, 0.29) is 10.0 Å². The van der Waals surface area contributed by atoms with Crippen LogP contribution in [0.1, 0.15) is 15.9 Å². The topological polar surface area (TPSA) is 86.8 Å². The van der Waals surface area contributed by atoms with Crippen LogP contribution in [0.4, 0.5) is 30.4 Å². The van der Waals surface area contributed by atoms with Crippen molar-refractivity contribution in [1.82, 2.24) is 19.9 Å². The first kappa shape index (κ1) is 24.4. The number of pyridine rings is 2. The molecule has 0 saturated carbocycles. The number of imidazole rings is 1. The van der Waals surface area contributed by atoms with E-state index < -0.39 is 17.6 Å². The fourth-order valence-electron chi connectivity index (χ4n) is 3.84. The van der Waals surface area contributed by atoms with Crippen LogP contribution in [0.5, 0.6) is 0 Å². The van der Waals surface area contributed by atoms with Gasteiger partial charge in [0.25, 0.3) is 5.91 Å². The number of carbonyl (C=O) groups is 1. The number of hydrogen-bond donors (Lipinski definition) is 2. The summed E-state index contributed by atoms with van der Waals surface area (Å²) >= 11 is 2.88. The zero-order valence-corrected chi connectivity index (χ0v) is 20.8. The first-order valence-corrected chi connectivity index (χ1v) is 11.8. The average molecular weight is 567 g/mol. The number of benzene rings is 2. The van der Waals surface area contributed by atoms with Gasteiger partial charge in [-0.3, -0.25) is 9.78 Å². The molecule has 5 rings (SSSR count). The van der Waals surface area contributed by atoms with E-state index in [4.69, 9.17) is 0 Å². The number of alkyl halides is 3. The second kappa shape index (κ2) is 9.66. The van der Waals surface area contributed by atoms with Crippen molar-refractivity contribution in [3.63, 3.8) is 0 Å². The highest BCUT2D eigenvalue weighted by molar-refractivity contribution is 9.10. The van der Waals surface area contributed by atoms with E-state index in [2.05, 4.69) is 41.2 Å². The molecule has 0 atom stereocenters. The maximum atomic E-state index is 13.2. The molecule has 3 aromatic heterocycles. The third-order valence-corrected chi connectivity index (χ3v) is 6.37. The molecule has 0 unspecified atom stereocenters. The first-order chi connectivity index (χ1) is 17.7. The molecule has 0 aliphatic heterocycles. The highest BCUT2D eigenvalue weighted by Gasteiger charge is 2.33. The number of carbonyl (C=O) groups excluding carboxylic acids is 1. The predicted molar refractivity (Wildman–Crippen MR) is 139 cm³/mol. The summed E-state index contributed by atoms with van der Waals surface area (Å²) in [6.45, 7) is 0. The van der Waals surface area contributed by atoms with Gasteiger partial charge in [-0.1, -0.05) is 15.9 Å². The van der Waals surface area contributed by atoms with Crippen molar-refractivity contribution < 1.29 is 18.0 Å². The number of rotatable bonds is 5. The van der Waals surface area contributed by atoms with Gasteiger partial charge < -0.3 is 15.2 Å². The molecule has 0 fully saturated rings. The van der Waals surface area contributed by atoms with Crippen LogP contribution >= 0.6 is 15.9 Å². The standard InChI is InChI=1S/C26H18BrF3N6O/c1-36(17-8-11-31-12-9-17)24-18(3-2-10-32-24)23-34-21-7-5-16(14-22(21)35-23)33-25(37)15-4-6-20(27)19(13-15)26(28,29)30/h2-14H,1H3,(H,33,37)(H,34,35). The normalized spacial score (nSPS) is 11.5. The summed E-state index contributed by atoms with van der Waals surface area (Å²) in [5.74, 6) is 0.591. The lowest BCUT2D eigenvalue weighted by atomic mass is 10.1. The summed E-state index contributed by atoms with van der Waals surface area (Å²) in [6.07, 6.45) is 0.503. The lowest BCUT2D eigenvalue weighted by molar-refractivity contribution is -0.138. The van der Waals surface area contributed by atoms with Crippen molar-refractivity contribution in [3.05, 3.63) is 94.9 Å². The zero-order chi connectivity index (χ0) is 26.2. The SMILES string of the molecule is CN(c1ccncc1)c1ncccc1-c1nc2ccc(NC(=O)c3ccc(Br)c(C(F)(F)F)c3)cc2[nH]1. The molecule has 0 radical (unpaired) electrons. The van der Waals surface area contributed by atoms with Gasteiger partial charge in [0.15, 0.2) is 0 Å². The number of hydrogen-bond acceptors (Lipinski definition) is 5. The van der Waals surface area contributed by atoms with Crippen LogP contribution in [-0.2, 0) is 6.18 Å². The molecule has 11 heteroatoms. The fourth-order valence-corrected chi connectivity index (χ4v) is 4.31. The minimum absolute atomic E-state index is 0.111. The second-order valence-corrected chi connectivity index (χ2v) is 8.96. The molecule has 7 nitrogen and oxygen atoms in total. The van der Waals surface area contributed by atoms with E-state index in [0.717, 1.165) is 17.3 Å². The second-order valence-electron chi connectivity index (χ2n) is 8.10. The van der Waals surface area contributed by atoms with Gasteiger partial charge >= 0.3 is 6.18 Å². The molecule has 37 heavy (non-hydrogen) atoms. The number of H-pyrrole nitrogens is 1. The van der Waals surface area contributed by atoms with Crippen LogP contribution in [0.2, 0.25) is 0 Å². The molecule has 0 aliphatic rings. The number of nitrogens with zero attached hydrogens (tertiary/aromatic N) is 4. The van der Waals surface area contributed by atoms with Gasteiger partial charge in [0.1, 0.15) is 11.6 Å². The Morgan fingerprint density at radius 3 is 2.57 bits per heavy atom. The van der Waals surface area contributed by atoms with Crippen LogP contribution in [0, 0.1) is 0 Å². The highest BCUT2D eigenvalue weighted by atomic mass is 79.9. The molecule has 0 spiro atoms. The fraction of sp³-hybridized carbons (Fsp3) is 0.0769. The Hall–Kier alpha value is -4.25. The molecule has 1 amide bonds. The van der Waals surface area contributed by atoms with Gasteiger partial charge in [0, 0.05) is 47.0 Å². The molecule has 2 aromatic carbocycles. The maximum Gasteiger partial charge on any atom is 0.417 e. The highest BCUT2D eigenvalue weighted by Crippen LogP contribution is 2.36. The van der Waals surface area contributed by atoms with E-state index >= 15 is 0 Å². The minimum Gasteiger partial charge on any atom is -0.338 e. The van der Waals surface area contributed by atoms with Crippen molar-refractivity contribution in [1.29, 1.82) is 0 Å². The molecule has 3 heterocycles. The van der Waals surface area contributed by atoms with Gasteiger partial charge in [0.2, 0.25) is 0 Å². The Morgan fingerprint density at radius 1 is 1.03 bits per heavy atom. The average Bonchev–Trinajstić information content (AvgIpc) is 3.31. The number of fused-ring (bicyclic) bond motifs is 1. The summed E-state index contributed by atoms with van der Waals surface area (Å²) in [4.78, 5) is 31.1. The molecular formula is C26H18BrF3N6O. The van der Waals surface area contributed by atoms with E-state index in [1.807, 2.05) is 36.2 Å². The van der Waals surface area contributed by atoms with Gasteiger partial charge in [-0.25, -0.2) is 9.97 Å². The third kappa shape index (κ3) is 5.03. The van der Waals surface area contributed by atoms with E-state index in [0.29, 0.717) is 28.4 Å². The number of nitrogens with one attached hydrogen (secondary N) is 2. The zero-order valence-electron chi connectivity index (χ0n) is 19.2. The van der Waals surface area contributed by atoms with Crippen molar-refractivity contribution >= 4 is 50.1 Å². The first-order valence-electron chi connectivity index (χ1n) is 11.0. The Kier molecular flexibility index (Phi) is 6.38. The largest absolute Gasteiger partial charge is 0.417 e. The monoisotopic (exact) mass is 566 g/mol. The molecule has 0 bridgehead atoms. The van der Waals surface area contributed by atoms with Crippen LogP contribution in [-0.4, -0.2) is 32.9 Å². The number of halogens is 4. The Bertz CT molecular complexity index is 1600. The van der Waals surface area contributed by atoms with Crippen molar-refractivity contribution in [2.24, 2.45) is 0 Å². The molecule has 5 aromatic rings. The van der Waals surface area contributed by atoms with Gasteiger partial charge in [-0.15, -0.1) is 0 Å². The Balaban J connectivity index is 1.43. The van der Waals surface area contributed by atoms with Gasteiger partial charge in [-0.05, 0) is 60.7 Å². The van der Waals surface area contributed by atoms with Gasteiger partial charge in [-0.2, -0.15) is 13.2 Å². The maximum absolute atomic E-state index is 13.2. The lowest BCUT2D eigenvalue weighted by Crippen LogP contribution is -2.14. The smallest absolute Gasteiger partial charge is 0.338 e. The van der Waals surface area contributed by atoms with Crippen molar-refractivity contribution in [2.45, 2.75) is 6.18 Å². The molecule has 0 aliphatic carbocycles. The molecular weight excluding hydrogens is 549 g/mol. The van der Waals surface area contributed by atoms with Crippen LogP contribution in [0.3, 0.4) is 0 Å². The number of amides is 1. The van der Waals surface area contributed by atoms with E-state index in [1.54, 1.807) is 36.8 Å². The number of anilines is 3. The van der Waals surface area contributed by atoms with Gasteiger partial charge in [0.05, 0.1) is 22.2 Å². The molecule has 2 N–H and O–H groups in total. The summed E-state index contributed by atoms with van der Waals surface area (Å²) in [7, 11) is 1.89. The van der Waals surface area contributed by atoms with Crippen LogP contribution in [0.15, 0.2) is 83.7 Å². The quantitative estimate of drug-likeness (QED) is 0.244. The third-order valence-electron chi connectivity index (χ3n) is 5.68. The molecule has 186 valence electrons. The summed E-state index contributed by atoms with van der Waals surface area (Å²) in [5.41, 5.74) is 2.33. The Morgan fingerprint density at radius 2 is 1.81 bits per heavy atom. The van der Waals surface area contributed by atoms with Crippen molar-refractivity contribution in [2.75, 3.05) is 17.3 Å². The molecule has 0 saturated heterocycles. The van der Waals surface area contributed by atoms with E-state index in [1.165, 1.54) is 12.1 Å². The lowest BCUT2D eigenvalue weighted by Gasteiger charge is -2.20. The number of aromatic amines is 1. The van der Waals surface area contributed by atoms with Crippen molar-refractivity contribution in [3.8, 4) is 11.4 Å². The Labute approximate surface area is 217 Å². The number of aromatic nitrogens is 4. The van der Waals surface area contributed by atoms with E-state index in [9.17, 15) is 18.0 Å². The minimum atomic E-state index is -4.59. The summed E-state index contributed by atoms with van der Waals surface area (Å²) in [5, 5.41) is 2.65.